The number of benzene rings is 2. The summed E-state index contributed by atoms with van der Waals surface area (Å²) in [6, 6.07) is 19.5. The molecular weight excluding hydrogens is 310 g/mol. The number of carbonyl (C=O) groups is 1. The van der Waals surface area contributed by atoms with Gasteiger partial charge in [0.1, 0.15) is 6.61 Å². The van der Waals surface area contributed by atoms with Crippen molar-refractivity contribution in [2.24, 2.45) is 0 Å². The first-order chi connectivity index (χ1) is 11.2. The Labute approximate surface area is 141 Å². The lowest BCUT2D eigenvalue weighted by atomic mass is 10.2. The van der Waals surface area contributed by atoms with E-state index in [0.29, 0.717) is 11.7 Å². The van der Waals surface area contributed by atoms with Crippen molar-refractivity contribution in [3.63, 3.8) is 0 Å². The third kappa shape index (κ3) is 6.93. The number of hydrogen-bond acceptors (Lipinski definition) is 4. The first-order valence-electron chi connectivity index (χ1n) is 7.38. The number of hydrogen-bond donors (Lipinski definition) is 1. The van der Waals surface area contributed by atoms with Gasteiger partial charge in [0.2, 0.25) is 0 Å². The van der Waals surface area contributed by atoms with Crippen LogP contribution < -0.4 is 5.32 Å². The van der Waals surface area contributed by atoms with Gasteiger partial charge in [-0.2, -0.15) is 0 Å². The molecule has 0 aromatic heterocycles. The number of carbonyl (C=O) groups excluding carboxylic acids is 1. The second-order valence-corrected chi connectivity index (χ2v) is 5.33. The lowest BCUT2D eigenvalue weighted by Gasteiger charge is -2.09. The molecule has 0 aliphatic carbocycles. The monoisotopic (exact) mass is 329 g/mol. The highest BCUT2D eigenvalue weighted by Crippen LogP contribution is 2.01. The Hall–Kier alpha value is -2.40. The molecule has 0 spiro atoms. The molecular formula is C18H19NO3S. The third-order valence-electron chi connectivity index (χ3n) is 3.09. The fraction of sp³-hybridized carbons (Fsp3) is 0.222. The predicted octanol–water partition coefficient (Wildman–Crippen LogP) is 3.50. The van der Waals surface area contributed by atoms with E-state index in [4.69, 9.17) is 21.7 Å². The van der Waals surface area contributed by atoms with Crippen LogP contribution >= 0.6 is 12.2 Å². The van der Waals surface area contributed by atoms with Gasteiger partial charge >= 0.3 is 6.09 Å². The molecule has 23 heavy (non-hydrogen) atoms. The molecule has 0 radical (unpaired) electrons. The van der Waals surface area contributed by atoms with Crippen molar-refractivity contribution < 1.29 is 14.3 Å². The number of ether oxygens (including phenoxy) is 2. The molecule has 0 unspecified atom stereocenters. The Bertz CT molecular complexity index is 617. The molecule has 2 aromatic carbocycles. The van der Waals surface area contributed by atoms with E-state index in [-0.39, 0.29) is 13.2 Å². The van der Waals surface area contributed by atoms with Crippen LogP contribution in [0, 0.1) is 0 Å². The van der Waals surface area contributed by atoms with Crippen LogP contribution in [0.5, 0.6) is 0 Å². The summed E-state index contributed by atoms with van der Waals surface area (Å²) in [7, 11) is 0. The largest absolute Gasteiger partial charge is 0.485 e. The summed E-state index contributed by atoms with van der Waals surface area (Å²) in [5, 5.41) is 2.92. The van der Waals surface area contributed by atoms with E-state index in [0.717, 1.165) is 12.0 Å². The van der Waals surface area contributed by atoms with E-state index in [1.54, 1.807) is 0 Å². The molecule has 0 saturated carbocycles. The van der Waals surface area contributed by atoms with E-state index in [9.17, 15) is 4.79 Å². The maximum absolute atomic E-state index is 11.6. The van der Waals surface area contributed by atoms with E-state index in [1.807, 2.05) is 60.7 Å². The molecule has 2 aromatic rings. The highest BCUT2D eigenvalue weighted by Gasteiger charge is 2.05. The molecule has 0 atom stereocenters. The highest BCUT2D eigenvalue weighted by atomic mass is 32.1. The summed E-state index contributed by atoms with van der Waals surface area (Å²) in [6.45, 7) is 0.885. The Morgan fingerprint density at radius 2 is 1.52 bits per heavy atom. The summed E-state index contributed by atoms with van der Waals surface area (Å²) in [5.74, 6) is 0. The topological polar surface area (TPSA) is 47.6 Å². The third-order valence-corrected chi connectivity index (χ3v) is 3.35. The number of rotatable bonds is 7. The van der Waals surface area contributed by atoms with Crippen LogP contribution in [0.1, 0.15) is 11.1 Å². The summed E-state index contributed by atoms with van der Waals surface area (Å²) < 4.78 is 10.5. The first-order valence-corrected chi connectivity index (χ1v) is 7.79. The van der Waals surface area contributed by atoms with Crippen molar-refractivity contribution in [2.45, 2.75) is 13.0 Å². The van der Waals surface area contributed by atoms with Gasteiger partial charge in [-0.25, -0.2) is 4.79 Å². The van der Waals surface area contributed by atoms with Crippen molar-refractivity contribution in [2.75, 3.05) is 13.2 Å². The normalized spacial score (nSPS) is 9.91. The van der Waals surface area contributed by atoms with E-state index < -0.39 is 6.09 Å². The molecule has 1 amide bonds. The number of nitrogens with one attached hydrogen (secondary N) is 1. The van der Waals surface area contributed by atoms with Gasteiger partial charge in [-0.1, -0.05) is 60.7 Å². The first kappa shape index (κ1) is 17.0. The van der Waals surface area contributed by atoms with Crippen molar-refractivity contribution in [1.82, 2.24) is 5.32 Å². The molecule has 0 aliphatic heterocycles. The van der Waals surface area contributed by atoms with Crippen molar-refractivity contribution >= 4 is 23.4 Å². The van der Waals surface area contributed by atoms with Crippen molar-refractivity contribution in [3.8, 4) is 0 Å². The van der Waals surface area contributed by atoms with Gasteiger partial charge in [0, 0.05) is 6.42 Å². The summed E-state index contributed by atoms with van der Waals surface area (Å²) >= 11 is 5.07. The average molecular weight is 329 g/mol. The average Bonchev–Trinajstić information content (AvgIpc) is 2.60. The molecule has 120 valence electrons. The summed E-state index contributed by atoms with van der Waals surface area (Å²) in [6.07, 6.45) is 0.266. The van der Waals surface area contributed by atoms with Crippen LogP contribution in [0.15, 0.2) is 60.7 Å². The molecule has 5 heteroatoms. The van der Waals surface area contributed by atoms with Crippen molar-refractivity contribution in [3.05, 3.63) is 71.8 Å². The van der Waals surface area contributed by atoms with Crippen LogP contribution in [-0.4, -0.2) is 24.3 Å². The van der Waals surface area contributed by atoms with E-state index >= 15 is 0 Å². The number of amides is 1. The van der Waals surface area contributed by atoms with Gasteiger partial charge in [-0.15, -0.1) is 0 Å². The zero-order valence-corrected chi connectivity index (χ0v) is 13.6. The summed E-state index contributed by atoms with van der Waals surface area (Å²) in [5.41, 5.74) is 2.12. The lowest BCUT2D eigenvalue weighted by Crippen LogP contribution is -2.30. The molecule has 0 saturated heterocycles. The van der Waals surface area contributed by atoms with Crippen LogP contribution in [-0.2, 0) is 22.5 Å². The molecule has 4 nitrogen and oxygen atoms in total. The minimum atomic E-state index is -0.511. The van der Waals surface area contributed by atoms with Crippen LogP contribution in [0.4, 0.5) is 4.79 Å². The zero-order chi connectivity index (χ0) is 16.3. The maximum Gasteiger partial charge on any atom is 0.407 e. The molecule has 0 bridgehead atoms. The minimum absolute atomic E-state index is 0.164. The van der Waals surface area contributed by atoms with Gasteiger partial charge in [0.15, 0.2) is 5.05 Å². The fourth-order valence-electron chi connectivity index (χ4n) is 1.90. The predicted molar refractivity (Wildman–Crippen MR) is 93.3 cm³/mol. The molecule has 2 rings (SSSR count). The number of thiocarbonyl (C=S) groups is 1. The van der Waals surface area contributed by atoms with Gasteiger partial charge in [0.05, 0.1) is 13.2 Å². The van der Waals surface area contributed by atoms with Crippen LogP contribution in [0.2, 0.25) is 0 Å². The lowest BCUT2D eigenvalue weighted by molar-refractivity contribution is 0.140. The smallest absolute Gasteiger partial charge is 0.407 e. The Balaban J connectivity index is 1.57. The van der Waals surface area contributed by atoms with Crippen molar-refractivity contribution in [1.29, 1.82) is 0 Å². The Kier molecular flexibility index (Phi) is 7.07. The van der Waals surface area contributed by atoms with Gasteiger partial charge in [0.25, 0.3) is 0 Å². The quantitative estimate of drug-likeness (QED) is 0.790. The maximum atomic E-state index is 11.6. The Morgan fingerprint density at radius 1 is 0.913 bits per heavy atom. The standard InChI is InChI=1S/C18H19NO3S/c20-18(22-14-16-9-5-2-6-10-16)19-13-17(23)21-12-11-15-7-3-1-4-8-15/h1-10H,11-14H2,(H,19,20). The second-order valence-electron chi connectivity index (χ2n) is 4.87. The minimum Gasteiger partial charge on any atom is -0.485 e. The molecule has 0 aliphatic rings. The fourth-order valence-corrected chi connectivity index (χ4v) is 2.05. The SMILES string of the molecule is O=C(NCC(=S)OCCc1ccccc1)OCc1ccccc1. The van der Waals surface area contributed by atoms with Gasteiger partial charge < -0.3 is 14.8 Å². The Morgan fingerprint density at radius 3 is 2.17 bits per heavy atom. The summed E-state index contributed by atoms with van der Waals surface area (Å²) in [4.78, 5) is 11.6. The van der Waals surface area contributed by atoms with Gasteiger partial charge in [-0.05, 0) is 23.3 Å². The molecule has 0 fully saturated rings. The second kappa shape index (κ2) is 9.58. The highest BCUT2D eigenvalue weighted by molar-refractivity contribution is 7.80. The van der Waals surface area contributed by atoms with E-state index in [1.165, 1.54) is 5.56 Å². The molecule has 1 N–H and O–H groups in total. The zero-order valence-electron chi connectivity index (χ0n) is 12.7. The van der Waals surface area contributed by atoms with E-state index in [2.05, 4.69) is 5.32 Å². The van der Waals surface area contributed by atoms with Gasteiger partial charge in [-0.3, -0.25) is 0 Å². The molecule has 0 heterocycles. The van der Waals surface area contributed by atoms with Crippen LogP contribution in [0.3, 0.4) is 0 Å². The number of alkyl carbamates (subject to hydrolysis) is 1. The van der Waals surface area contributed by atoms with Crippen LogP contribution in [0.25, 0.3) is 0 Å².